The summed E-state index contributed by atoms with van der Waals surface area (Å²) < 4.78 is 26.1. The van der Waals surface area contributed by atoms with Crippen molar-refractivity contribution in [1.82, 2.24) is 4.98 Å². The summed E-state index contributed by atoms with van der Waals surface area (Å²) in [4.78, 5) is 3.80. The first-order valence-electron chi connectivity index (χ1n) is 4.14. The van der Waals surface area contributed by atoms with Crippen LogP contribution in [0.2, 0.25) is 0 Å². The summed E-state index contributed by atoms with van der Waals surface area (Å²) >= 11 is 0. The largest absolute Gasteiger partial charge is 0.388 e. The molecule has 0 atom stereocenters. The zero-order chi connectivity index (χ0) is 10.1. The summed E-state index contributed by atoms with van der Waals surface area (Å²) in [6.45, 7) is 0. The molecule has 0 aliphatic heterocycles. The van der Waals surface area contributed by atoms with Crippen molar-refractivity contribution in [3.8, 4) is 0 Å². The minimum atomic E-state index is -0.903. The van der Waals surface area contributed by atoms with Crippen LogP contribution in [0.25, 0.3) is 10.9 Å². The van der Waals surface area contributed by atoms with Gasteiger partial charge in [-0.3, -0.25) is 4.98 Å². The molecule has 14 heavy (non-hydrogen) atoms. The standard InChI is InChI=1S/C10H8F2N2/c1-13-8-4-5-14-10-6(8)2-3-7(11)9(10)12/h2-5H,1H3,(H,13,14). The Balaban J connectivity index is 2.86. The maximum Gasteiger partial charge on any atom is 0.185 e. The van der Waals surface area contributed by atoms with E-state index in [1.54, 1.807) is 13.1 Å². The van der Waals surface area contributed by atoms with Gasteiger partial charge in [0.1, 0.15) is 5.52 Å². The normalized spacial score (nSPS) is 10.5. The van der Waals surface area contributed by atoms with Gasteiger partial charge in [-0.15, -0.1) is 0 Å². The quantitative estimate of drug-likeness (QED) is 0.754. The van der Waals surface area contributed by atoms with E-state index in [9.17, 15) is 8.78 Å². The van der Waals surface area contributed by atoms with Gasteiger partial charge in [-0.25, -0.2) is 8.78 Å². The van der Waals surface area contributed by atoms with E-state index in [1.165, 1.54) is 12.3 Å². The molecule has 2 rings (SSSR count). The van der Waals surface area contributed by atoms with Crippen LogP contribution >= 0.6 is 0 Å². The van der Waals surface area contributed by atoms with Crippen LogP contribution in [0.15, 0.2) is 24.4 Å². The molecule has 0 fully saturated rings. The Kier molecular flexibility index (Phi) is 2.04. The van der Waals surface area contributed by atoms with E-state index >= 15 is 0 Å². The molecule has 0 saturated heterocycles. The van der Waals surface area contributed by atoms with Crippen molar-refractivity contribution in [2.24, 2.45) is 0 Å². The van der Waals surface area contributed by atoms with Gasteiger partial charge in [0, 0.05) is 24.3 Å². The SMILES string of the molecule is CNc1ccnc2c(F)c(F)ccc12. The first-order chi connectivity index (χ1) is 6.74. The van der Waals surface area contributed by atoms with Crippen molar-refractivity contribution in [2.75, 3.05) is 12.4 Å². The van der Waals surface area contributed by atoms with E-state index < -0.39 is 11.6 Å². The van der Waals surface area contributed by atoms with Gasteiger partial charge in [0.25, 0.3) is 0 Å². The van der Waals surface area contributed by atoms with Gasteiger partial charge in [-0.1, -0.05) is 0 Å². The van der Waals surface area contributed by atoms with Gasteiger partial charge >= 0.3 is 0 Å². The zero-order valence-electron chi connectivity index (χ0n) is 7.51. The van der Waals surface area contributed by atoms with Crippen LogP contribution in [0, 0.1) is 11.6 Å². The molecule has 0 aliphatic rings. The Morgan fingerprint density at radius 2 is 2.00 bits per heavy atom. The molecule has 1 aromatic carbocycles. The van der Waals surface area contributed by atoms with Crippen molar-refractivity contribution in [2.45, 2.75) is 0 Å². The second-order valence-electron chi connectivity index (χ2n) is 2.87. The monoisotopic (exact) mass is 194 g/mol. The van der Waals surface area contributed by atoms with Gasteiger partial charge in [-0.2, -0.15) is 0 Å². The maximum absolute atomic E-state index is 13.2. The maximum atomic E-state index is 13.2. The molecule has 0 bridgehead atoms. The lowest BCUT2D eigenvalue weighted by Crippen LogP contribution is -1.94. The molecule has 72 valence electrons. The number of anilines is 1. The number of hydrogen-bond donors (Lipinski definition) is 1. The van der Waals surface area contributed by atoms with Gasteiger partial charge in [-0.05, 0) is 18.2 Å². The first kappa shape index (κ1) is 8.87. The van der Waals surface area contributed by atoms with E-state index in [0.29, 0.717) is 5.39 Å². The van der Waals surface area contributed by atoms with Crippen LogP contribution in [-0.4, -0.2) is 12.0 Å². The molecule has 2 aromatic rings. The van der Waals surface area contributed by atoms with Crippen LogP contribution in [0.4, 0.5) is 14.5 Å². The van der Waals surface area contributed by atoms with Gasteiger partial charge in [0.05, 0.1) is 0 Å². The summed E-state index contributed by atoms with van der Waals surface area (Å²) in [7, 11) is 1.72. The molecular formula is C10H8F2N2. The van der Waals surface area contributed by atoms with Gasteiger partial charge < -0.3 is 5.32 Å². The van der Waals surface area contributed by atoms with Crippen LogP contribution in [-0.2, 0) is 0 Å². The summed E-state index contributed by atoms with van der Waals surface area (Å²) in [6, 6.07) is 4.31. The number of hydrogen-bond acceptors (Lipinski definition) is 2. The van der Waals surface area contributed by atoms with E-state index in [1.807, 2.05) is 0 Å². The van der Waals surface area contributed by atoms with Crippen LogP contribution in [0.3, 0.4) is 0 Å². The fourth-order valence-corrected chi connectivity index (χ4v) is 1.38. The highest BCUT2D eigenvalue weighted by molar-refractivity contribution is 5.91. The number of fused-ring (bicyclic) bond motifs is 1. The fraction of sp³-hybridized carbons (Fsp3) is 0.100. The minimum absolute atomic E-state index is 0.0526. The molecule has 0 unspecified atom stereocenters. The number of rotatable bonds is 1. The van der Waals surface area contributed by atoms with E-state index in [2.05, 4.69) is 10.3 Å². The number of pyridine rings is 1. The van der Waals surface area contributed by atoms with Crippen LogP contribution in [0.1, 0.15) is 0 Å². The van der Waals surface area contributed by atoms with Crippen molar-refractivity contribution < 1.29 is 8.78 Å². The second kappa shape index (κ2) is 3.21. The molecule has 0 amide bonds. The Morgan fingerprint density at radius 3 is 2.71 bits per heavy atom. The Bertz CT molecular complexity index is 483. The molecule has 0 radical (unpaired) electrons. The number of halogens is 2. The van der Waals surface area contributed by atoms with Crippen molar-refractivity contribution >= 4 is 16.6 Å². The van der Waals surface area contributed by atoms with Crippen LogP contribution in [0.5, 0.6) is 0 Å². The number of aromatic nitrogens is 1. The fourth-order valence-electron chi connectivity index (χ4n) is 1.38. The molecule has 0 spiro atoms. The highest BCUT2D eigenvalue weighted by atomic mass is 19.2. The lowest BCUT2D eigenvalue weighted by atomic mass is 10.2. The van der Waals surface area contributed by atoms with E-state index in [0.717, 1.165) is 11.8 Å². The number of nitrogens with zero attached hydrogens (tertiary/aromatic N) is 1. The predicted molar refractivity (Wildman–Crippen MR) is 51.2 cm³/mol. The van der Waals surface area contributed by atoms with Crippen LogP contribution < -0.4 is 5.32 Å². The van der Waals surface area contributed by atoms with E-state index in [4.69, 9.17) is 0 Å². The average molecular weight is 194 g/mol. The summed E-state index contributed by atoms with van der Waals surface area (Å²) in [5, 5.41) is 3.47. The smallest absolute Gasteiger partial charge is 0.185 e. The summed E-state index contributed by atoms with van der Waals surface area (Å²) in [5.74, 6) is -1.78. The minimum Gasteiger partial charge on any atom is -0.388 e. The summed E-state index contributed by atoms with van der Waals surface area (Å²) in [5.41, 5.74) is 0.783. The zero-order valence-corrected chi connectivity index (χ0v) is 7.51. The topological polar surface area (TPSA) is 24.9 Å². The molecule has 0 aliphatic carbocycles. The van der Waals surface area contributed by atoms with Gasteiger partial charge in [0.15, 0.2) is 11.6 Å². The third-order valence-corrected chi connectivity index (χ3v) is 2.07. The Morgan fingerprint density at radius 1 is 1.21 bits per heavy atom. The lowest BCUT2D eigenvalue weighted by Gasteiger charge is -2.05. The second-order valence-corrected chi connectivity index (χ2v) is 2.87. The number of nitrogens with one attached hydrogen (secondary N) is 1. The predicted octanol–water partition coefficient (Wildman–Crippen LogP) is 2.55. The molecule has 1 N–H and O–H groups in total. The Hall–Kier alpha value is -1.71. The average Bonchev–Trinajstić information content (AvgIpc) is 2.23. The third-order valence-electron chi connectivity index (χ3n) is 2.07. The van der Waals surface area contributed by atoms with Gasteiger partial charge in [0.2, 0.25) is 0 Å². The molecule has 4 heteroatoms. The molecule has 2 nitrogen and oxygen atoms in total. The molecule has 1 aromatic heterocycles. The van der Waals surface area contributed by atoms with Crippen molar-refractivity contribution in [3.05, 3.63) is 36.0 Å². The molecule has 0 saturated carbocycles. The first-order valence-corrected chi connectivity index (χ1v) is 4.14. The van der Waals surface area contributed by atoms with Crippen molar-refractivity contribution in [1.29, 1.82) is 0 Å². The van der Waals surface area contributed by atoms with Crippen molar-refractivity contribution in [3.63, 3.8) is 0 Å². The van der Waals surface area contributed by atoms with E-state index in [-0.39, 0.29) is 5.52 Å². The molecular weight excluding hydrogens is 186 g/mol. The number of benzene rings is 1. The highest BCUT2D eigenvalue weighted by Crippen LogP contribution is 2.24. The third kappa shape index (κ3) is 1.19. The lowest BCUT2D eigenvalue weighted by molar-refractivity contribution is 0.515. The summed E-state index contributed by atoms with van der Waals surface area (Å²) in [6.07, 6.45) is 1.44. The molecule has 1 heterocycles. The Labute approximate surface area is 79.6 Å². The highest BCUT2D eigenvalue weighted by Gasteiger charge is 2.09.